The van der Waals surface area contributed by atoms with Gasteiger partial charge >= 0.3 is 6.03 Å². The molecule has 1 aliphatic heterocycles. The highest BCUT2D eigenvalue weighted by atomic mass is 32.2. The molecule has 1 aliphatic rings. The lowest BCUT2D eigenvalue weighted by Crippen LogP contribution is -2.45. The number of urea groups is 1. The molecule has 0 saturated heterocycles. The fourth-order valence-electron chi connectivity index (χ4n) is 4.33. The molecule has 0 aliphatic carbocycles. The van der Waals surface area contributed by atoms with E-state index in [9.17, 15) is 4.79 Å². The molecule has 0 radical (unpaired) electrons. The average Bonchev–Trinajstić information content (AvgIpc) is 3.36. The van der Waals surface area contributed by atoms with Gasteiger partial charge in [0.15, 0.2) is 0 Å². The highest BCUT2D eigenvalue weighted by molar-refractivity contribution is 7.98. The second kappa shape index (κ2) is 9.80. The summed E-state index contributed by atoms with van der Waals surface area (Å²) in [5, 5.41) is 7.42. The van der Waals surface area contributed by atoms with E-state index in [1.807, 2.05) is 92.9 Å². The van der Waals surface area contributed by atoms with Crippen molar-refractivity contribution in [2.45, 2.75) is 31.3 Å². The maximum absolute atomic E-state index is 13.3. The zero-order chi connectivity index (χ0) is 24.4. The molecule has 176 valence electrons. The number of nitrogens with zero attached hydrogens (tertiary/aromatic N) is 3. The fraction of sp³-hybridized carbons (Fsp3) is 0.179. The lowest BCUT2D eigenvalue weighted by molar-refractivity contribution is 0.203. The Hall–Kier alpha value is -3.84. The number of hydrogen-bond acceptors (Lipinski definition) is 5. The van der Waals surface area contributed by atoms with Gasteiger partial charge in [0.25, 0.3) is 5.89 Å². The van der Waals surface area contributed by atoms with Crippen molar-refractivity contribution in [1.29, 1.82) is 0 Å². The number of hydrogen-bond donors (Lipinski definition) is 1. The van der Waals surface area contributed by atoms with Crippen LogP contribution in [0.3, 0.4) is 0 Å². The van der Waals surface area contributed by atoms with E-state index in [-0.39, 0.29) is 6.03 Å². The minimum Gasteiger partial charge on any atom is -0.334 e. The molecule has 0 bridgehead atoms. The molecule has 1 atom stereocenters. The summed E-state index contributed by atoms with van der Waals surface area (Å²) in [5.41, 5.74) is 5.62. The third-order valence-corrected chi connectivity index (χ3v) is 6.90. The van der Waals surface area contributed by atoms with Crippen LogP contribution in [0.1, 0.15) is 35.5 Å². The van der Waals surface area contributed by atoms with Gasteiger partial charge in [0.1, 0.15) is 0 Å². The molecule has 7 heteroatoms. The van der Waals surface area contributed by atoms with Crippen LogP contribution in [-0.4, -0.2) is 27.3 Å². The van der Waals surface area contributed by atoms with Crippen molar-refractivity contribution in [2.24, 2.45) is 0 Å². The van der Waals surface area contributed by atoms with Crippen LogP contribution in [0.5, 0.6) is 0 Å². The Morgan fingerprint density at radius 2 is 1.77 bits per heavy atom. The molecule has 3 aromatic carbocycles. The van der Waals surface area contributed by atoms with Crippen LogP contribution >= 0.6 is 11.8 Å². The van der Waals surface area contributed by atoms with Crippen LogP contribution in [0, 0.1) is 6.92 Å². The van der Waals surface area contributed by atoms with Crippen molar-refractivity contribution >= 4 is 23.4 Å². The van der Waals surface area contributed by atoms with Crippen molar-refractivity contribution in [2.75, 3.05) is 6.26 Å². The van der Waals surface area contributed by atoms with Gasteiger partial charge in [0, 0.05) is 16.2 Å². The number of carbonyl (C=O) groups excluding carboxylic acids is 1. The summed E-state index contributed by atoms with van der Waals surface area (Å²) in [4.78, 5) is 20.9. The zero-order valence-electron chi connectivity index (χ0n) is 19.9. The van der Waals surface area contributed by atoms with Gasteiger partial charge < -0.3 is 9.84 Å². The molecule has 0 fully saturated rings. The minimum atomic E-state index is -0.398. The maximum atomic E-state index is 13.3. The zero-order valence-corrected chi connectivity index (χ0v) is 20.7. The molecule has 4 aromatic rings. The van der Waals surface area contributed by atoms with Gasteiger partial charge in [0.05, 0.1) is 18.2 Å². The fourth-order valence-corrected chi connectivity index (χ4v) is 4.74. The molecule has 6 nitrogen and oxygen atoms in total. The van der Waals surface area contributed by atoms with Crippen molar-refractivity contribution in [3.63, 3.8) is 0 Å². The first-order valence-electron chi connectivity index (χ1n) is 11.4. The van der Waals surface area contributed by atoms with Crippen LogP contribution < -0.4 is 5.32 Å². The Labute approximate surface area is 209 Å². The summed E-state index contributed by atoms with van der Waals surface area (Å²) in [7, 11) is 0. The van der Waals surface area contributed by atoms with Gasteiger partial charge in [-0.25, -0.2) is 4.79 Å². The first-order chi connectivity index (χ1) is 17.0. The topological polar surface area (TPSA) is 71.3 Å². The number of nitrogens with one attached hydrogen (secondary N) is 1. The smallest absolute Gasteiger partial charge is 0.322 e. The number of thioether (sulfide) groups is 1. The number of aromatic nitrogens is 2. The Balaban J connectivity index is 1.57. The number of allylic oxidation sites excluding steroid dienone is 1. The van der Waals surface area contributed by atoms with Gasteiger partial charge in [0.2, 0.25) is 5.82 Å². The molecule has 2 amide bonds. The van der Waals surface area contributed by atoms with Crippen LogP contribution in [0.15, 0.2) is 94.0 Å². The van der Waals surface area contributed by atoms with E-state index in [0.29, 0.717) is 18.3 Å². The molecule has 2 heterocycles. The first kappa shape index (κ1) is 22.9. The Morgan fingerprint density at radius 1 is 1.00 bits per heavy atom. The first-order valence-corrected chi connectivity index (χ1v) is 12.6. The van der Waals surface area contributed by atoms with Crippen molar-refractivity contribution in [3.05, 3.63) is 107 Å². The number of aryl methyl sites for hydroxylation is 1. The molecule has 5 rings (SSSR count). The quantitative estimate of drug-likeness (QED) is 0.319. The lowest BCUT2D eigenvalue weighted by atomic mass is 9.94. The summed E-state index contributed by atoms with van der Waals surface area (Å²) >= 11 is 1.68. The number of amides is 2. The monoisotopic (exact) mass is 482 g/mol. The van der Waals surface area contributed by atoms with Gasteiger partial charge in [-0.2, -0.15) is 4.98 Å². The van der Waals surface area contributed by atoms with E-state index < -0.39 is 6.04 Å². The summed E-state index contributed by atoms with van der Waals surface area (Å²) in [6, 6.07) is 25.5. The molecule has 1 aromatic heterocycles. The van der Waals surface area contributed by atoms with Crippen molar-refractivity contribution in [3.8, 4) is 11.4 Å². The van der Waals surface area contributed by atoms with Crippen LogP contribution in [0.25, 0.3) is 17.0 Å². The Bertz CT molecular complexity index is 1380. The highest BCUT2D eigenvalue weighted by Crippen LogP contribution is 2.38. The van der Waals surface area contributed by atoms with Crippen LogP contribution in [0.2, 0.25) is 0 Å². The second-order valence-corrected chi connectivity index (χ2v) is 9.40. The summed E-state index contributed by atoms with van der Waals surface area (Å²) < 4.78 is 5.79. The predicted octanol–water partition coefficient (Wildman–Crippen LogP) is 6.46. The van der Waals surface area contributed by atoms with Gasteiger partial charge in [-0.05, 0) is 55.5 Å². The second-order valence-electron chi connectivity index (χ2n) is 8.52. The third kappa shape index (κ3) is 4.72. The Kier molecular flexibility index (Phi) is 6.42. The molecule has 1 unspecified atom stereocenters. The minimum absolute atomic E-state index is 0.158. The van der Waals surface area contributed by atoms with Crippen molar-refractivity contribution in [1.82, 2.24) is 20.4 Å². The van der Waals surface area contributed by atoms with Crippen LogP contribution in [-0.2, 0) is 6.54 Å². The number of benzene rings is 3. The number of rotatable bonds is 6. The SMILES string of the molecule is CSc1ccc(-c2noc(C3=C(C)N(Cc4cccc(C)c4)C(=O)NC3c3ccccc3)n2)cc1. The average molecular weight is 483 g/mol. The van der Waals surface area contributed by atoms with Gasteiger partial charge in [-0.1, -0.05) is 65.3 Å². The highest BCUT2D eigenvalue weighted by Gasteiger charge is 2.35. The largest absolute Gasteiger partial charge is 0.334 e. The predicted molar refractivity (Wildman–Crippen MR) is 139 cm³/mol. The maximum Gasteiger partial charge on any atom is 0.322 e. The molecule has 0 saturated carbocycles. The van der Waals surface area contributed by atoms with E-state index in [1.54, 1.807) is 16.7 Å². The van der Waals surface area contributed by atoms with E-state index in [2.05, 4.69) is 16.5 Å². The van der Waals surface area contributed by atoms with E-state index in [1.165, 1.54) is 4.90 Å². The van der Waals surface area contributed by atoms with Crippen LogP contribution in [0.4, 0.5) is 4.79 Å². The molecule has 0 spiro atoms. The standard InChI is InChI=1S/C28H26N4O2S/c1-18-8-7-9-20(16-18)17-32-19(2)24(25(29-28(32)33)21-10-5-4-6-11-21)27-30-26(31-34-27)22-12-14-23(35-3)15-13-22/h4-16,25H,17H2,1-3H3,(H,29,33). The molecule has 35 heavy (non-hydrogen) atoms. The third-order valence-electron chi connectivity index (χ3n) is 6.16. The molecular weight excluding hydrogens is 456 g/mol. The van der Waals surface area contributed by atoms with E-state index >= 15 is 0 Å². The Morgan fingerprint density at radius 3 is 2.49 bits per heavy atom. The molecule has 1 N–H and O–H groups in total. The summed E-state index contributed by atoms with van der Waals surface area (Å²) in [6.07, 6.45) is 2.04. The van der Waals surface area contributed by atoms with Crippen molar-refractivity contribution < 1.29 is 9.32 Å². The normalized spacial score (nSPS) is 15.9. The number of carbonyl (C=O) groups is 1. The molecular formula is C28H26N4O2S. The van der Waals surface area contributed by atoms with Gasteiger partial charge in [-0.15, -0.1) is 11.8 Å². The van der Waals surface area contributed by atoms with E-state index in [0.717, 1.165) is 33.5 Å². The van der Waals surface area contributed by atoms with E-state index in [4.69, 9.17) is 9.51 Å². The summed E-state index contributed by atoms with van der Waals surface area (Å²) in [6.45, 7) is 4.43. The van der Waals surface area contributed by atoms with Gasteiger partial charge in [-0.3, -0.25) is 4.90 Å². The lowest BCUT2D eigenvalue weighted by Gasteiger charge is -2.35. The summed E-state index contributed by atoms with van der Waals surface area (Å²) in [5.74, 6) is 0.913.